The van der Waals surface area contributed by atoms with Gasteiger partial charge >= 0.3 is 0 Å². The first-order valence-electron chi connectivity index (χ1n) is 11.0. The number of carbonyl (C=O) groups is 2. The van der Waals surface area contributed by atoms with Crippen molar-refractivity contribution in [2.75, 3.05) is 32.7 Å². The number of nitrogens with two attached hydrogens (primary N) is 1. The summed E-state index contributed by atoms with van der Waals surface area (Å²) in [5, 5.41) is 12.1. The van der Waals surface area contributed by atoms with Gasteiger partial charge in [-0.1, -0.05) is 42.5 Å². The molecule has 0 aliphatic carbocycles. The Morgan fingerprint density at radius 2 is 1.72 bits per heavy atom. The summed E-state index contributed by atoms with van der Waals surface area (Å²) in [5.74, 6) is -0.211. The molecular weight excluding hydrogens is 404 g/mol. The van der Waals surface area contributed by atoms with Gasteiger partial charge in [-0.2, -0.15) is 0 Å². The molecule has 4 N–H and O–H groups in total. The molecule has 1 aliphatic heterocycles. The van der Waals surface area contributed by atoms with Crippen LogP contribution in [0.2, 0.25) is 0 Å². The predicted molar refractivity (Wildman–Crippen MR) is 126 cm³/mol. The number of nitrogens with zero attached hydrogens (tertiary/aromatic N) is 2. The van der Waals surface area contributed by atoms with Crippen molar-refractivity contribution in [3.8, 4) is 5.75 Å². The maximum absolute atomic E-state index is 12.6. The lowest BCUT2D eigenvalue weighted by Crippen LogP contribution is -2.52. The molecule has 0 saturated carbocycles. The number of rotatable bonds is 9. The maximum atomic E-state index is 12.6. The van der Waals surface area contributed by atoms with Crippen LogP contribution in [-0.2, 0) is 16.0 Å². The van der Waals surface area contributed by atoms with Gasteiger partial charge in [-0.25, -0.2) is 0 Å². The molecule has 1 fully saturated rings. The van der Waals surface area contributed by atoms with E-state index in [0.717, 1.165) is 31.7 Å². The number of piperazine rings is 1. The molecule has 0 spiro atoms. The zero-order chi connectivity index (χ0) is 22.9. The Kier molecular flexibility index (Phi) is 8.41. The third-order valence-corrected chi connectivity index (χ3v) is 5.63. The van der Waals surface area contributed by atoms with E-state index >= 15 is 0 Å². The fourth-order valence-electron chi connectivity index (χ4n) is 3.56. The average molecular weight is 437 g/mol. The number of Topliss-reactive ketones (excluding diaryl/α,β-unsaturated/α-hetero) is 1. The number of carbonyl (C=O) groups excluding carboxylic acids is 2. The second-order valence-electron chi connectivity index (χ2n) is 8.21. The van der Waals surface area contributed by atoms with E-state index in [2.05, 4.69) is 39.5 Å². The second kappa shape index (κ2) is 11.5. The number of phenolic OH excluding ortho intramolecular Hbond substituents is 1. The van der Waals surface area contributed by atoms with Crippen molar-refractivity contribution in [2.24, 2.45) is 5.73 Å². The van der Waals surface area contributed by atoms with Crippen LogP contribution < -0.4 is 11.1 Å². The summed E-state index contributed by atoms with van der Waals surface area (Å²) in [4.78, 5) is 29.4. The summed E-state index contributed by atoms with van der Waals surface area (Å²) in [6.45, 7) is 5.32. The summed E-state index contributed by atoms with van der Waals surface area (Å²) in [7, 11) is 0. The highest BCUT2D eigenvalue weighted by atomic mass is 16.3. The quantitative estimate of drug-likeness (QED) is 0.553. The van der Waals surface area contributed by atoms with E-state index in [1.165, 1.54) is 5.56 Å². The fraction of sp³-hybridized carbons (Fsp3) is 0.360. The molecule has 2 atom stereocenters. The lowest BCUT2D eigenvalue weighted by Gasteiger charge is -2.34. The van der Waals surface area contributed by atoms with Crippen LogP contribution >= 0.6 is 0 Å². The van der Waals surface area contributed by atoms with Crippen molar-refractivity contribution in [1.82, 2.24) is 15.1 Å². The molecule has 170 valence electrons. The van der Waals surface area contributed by atoms with Gasteiger partial charge in [0, 0.05) is 26.2 Å². The number of hydrogen-bond acceptors (Lipinski definition) is 6. The van der Waals surface area contributed by atoms with Crippen LogP contribution in [0.25, 0.3) is 6.08 Å². The maximum Gasteiger partial charge on any atom is 0.237 e. The Morgan fingerprint density at radius 1 is 1.06 bits per heavy atom. The van der Waals surface area contributed by atoms with E-state index in [0.29, 0.717) is 13.0 Å². The van der Waals surface area contributed by atoms with E-state index < -0.39 is 12.1 Å². The van der Waals surface area contributed by atoms with Gasteiger partial charge in [-0.05, 0) is 48.9 Å². The lowest BCUT2D eigenvalue weighted by atomic mass is 10.1. The monoisotopic (exact) mass is 436 g/mol. The Hall–Kier alpha value is -3.16. The molecule has 1 heterocycles. The Bertz CT molecular complexity index is 907. The fourth-order valence-corrected chi connectivity index (χ4v) is 3.56. The highest BCUT2D eigenvalue weighted by Gasteiger charge is 2.23. The van der Waals surface area contributed by atoms with E-state index in [9.17, 15) is 14.7 Å². The molecule has 3 rings (SSSR count). The molecule has 1 saturated heterocycles. The van der Waals surface area contributed by atoms with E-state index in [-0.39, 0.29) is 17.4 Å². The summed E-state index contributed by atoms with van der Waals surface area (Å²) in [6.07, 6.45) is 4.54. The molecule has 1 amide bonds. The normalized spacial score (nSPS) is 16.6. The Labute approximate surface area is 189 Å². The van der Waals surface area contributed by atoms with Crippen molar-refractivity contribution in [2.45, 2.75) is 25.4 Å². The first kappa shape index (κ1) is 23.5. The number of aromatic hydroxyl groups is 1. The van der Waals surface area contributed by atoms with E-state index in [1.807, 2.05) is 18.2 Å². The van der Waals surface area contributed by atoms with Gasteiger partial charge in [-0.3, -0.25) is 14.5 Å². The number of nitrogens with one attached hydrogen (secondary N) is 1. The minimum Gasteiger partial charge on any atom is -0.508 e. The lowest BCUT2D eigenvalue weighted by molar-refractivity contribution is -0.128. The van der Waals surface area contributed by atoms with Crippen molar-refractivity contribution >= 4 is 17.8 Å². The first-order valence-corrected chi connectivity index (χ1v) is 11.0. The number of benzene rings is 2. The van der Waals surface area contributed by atoms with Gasteiger partial charge in [0.05, 0.1) is 18.6 Å². The number of ketones is 1. The highest BCUT2D eigenvalue weighted by molar-refractivity contribution is 5.91. The van der Waals surface area contributed by atoms with Gasteiger partial charge in [-0.15, -0.1) is 0 Å². The Balaban J connectivity index is 1.39. The minimum atomic E-state index is -0.755. The van der Waals surface area contributed by atoms with Crippen LogP contribution in [-0.4, -0.2) is 71.4 Å². The average Bonchev–Trinajstić information content (AvgIpc) is 2.80. The van der Waals surface area contributed by atoms with Gasteiger partial charge in [0.15, 0.2) is 5.78 Å². The molecule has 7 nitrogen and oxygen atoms in total. The van der Waals surface area contributed by atoms with Crippen molar-refractivity contribution in [3.63, 3.8) is 0 Å². The van der Waals surface area contributed by atoms with E-state index in [1.54, 1.807) is 31.2 Å². The molecular formula is C25H32N4O3. The van der Waals surface area contributed by atoms with Gasteiger partial charge < -0.3 is 21.1 Å². The molecule has 0 aromatic heterocycles. The Morgan fingerprint density at radius 3 is 2.38 bits per heavy atom. The SMILES string of the molecule is C[C@@H](NC(=O)[C@@H](N)Cc1ccc(O)cc1)C(=O)CN1CCN(/C=C/c2ccccc2)CC1. The molecule has 32 heavy (non-hydrogen) atoms. The van der Waals surface area contributed by atoms with Gasteiger partial charge in [0.1, 0.15) is 5.75 Å². The summed E-state index contributed by atoms with van der Waals surface area (Å²) >= 11 is 0. The molecule has 0 unspecified atom stereocenters. The summed E-state index contributed by atoms with van der Waals surface area (Å²) < 4.78 is 0. The minimum absolute atomic E-state index is 0.0246. The van der Waals surface area contributed by atoms with Crippen LogP contribution in [0.5, 0.6) is 5.75 Å². The second-order valence-corrected chi connectivity index (χ2v) is 8.21. The zero-order valence-corrected chi connectivity index (χ0v) is 18.5. The van der Waals surface area contributed by atoms with Crippen LogP contribution in [0.4, 0.5) is 0 Å². The van der Waals surface area contributed by atoms with Crippen molar-refractivity contribution in [1.29, 1.82) is 0 Å². The molecule has 0 radical (unpaired) electrons. The van der Waals surface area contributed by atoms with Crippen LogP contribution in [0.3, 0.4) is 0 Å². The number of phenols is 1. The largest absolute Gasteiger partial charge is 0.508 e. The molecule has 1 aliphatic rings. The van der Waals surface area contributed by atoms with E-state index in [4.69, 9.17) is 5.73 Å². The van der Waals surface area contributed by atoms with Gasteiger partial charge in [0.2, 0.25) is 5.91 Å². The van der Waals surface area contributed by atoms with Crippen molar-refractivity contribution < 1.29 is 14.7 Å². The number of hydrogen-bond donors (Lipinski definition) is 3. The zero-order valence-electron chi connectivity index (χ0n) is 18.5. The summed E-state index contributed by atoms with van der Waals surface area (Å²) in [5.41, 5.74) is 8.01. The van der Waals surface area contributed by atoms with Crippen LogP contribution in [0, 0.1) is 0 Å². The summed E-state index contributed by atoms with van der Waals surface area (Å²) in [6, 6.07) is 15.4. The first-order chi connectivity index (χ1) is 15.4. The molecule has 0 bridgehead atoms. The van der Waals surface area contributed by atoms with Gasteiger partial charge in [0.25, 0.3) is 0 Å². The third kappa shape index (κ3) is 7.21. The number of amides is 1. The van der Waals surface area contributed by atoms with Crippen LogP contribution in [0.15, 0.2) is 60.8 Å². The van der Waals surface area contributed by atoms with Crippen LogP contribution in [0.1, 0.15) is 18.1 Å². The van der Waals surface area contributed by atoms with Crippen molar-refractivity contribution in [3.05, 3.63) is 71.9 Å². The highest BCUT2D eigenvalue weighted by Crippen LogP contribution is 2.11. The predicted octanol–water partition coefficient (Wildman–Crippen LogP) is 1.62. The molecule has 2 aromatic carbocycles. The topological polar surface area (TPSA) is 98.9 Å². The smallest absolute Gasteiger partial charge is 0.237 e. The molecule has 2 aromatic rings. The molecule has 7 heteroatoms. The third-order valence-electron chi connectivity index (χ3n) is 5.63. The standard InChI is InChI=1S/C25H32N4O3/c1-19(27-25(32)23(26)17-21-7-9-22(30)10-8-21)24(31)18-29-15-13-28(14-16-29)12-11-20-5-3-2-4-6-20/h2-12,19,23,30H,13-18,26H2,1H3,(H,27,32)/b12-11+/t19-,23+/m1/s1.